The average molecular weight is 374 g/mol. The van der Waals surface area contributed by atoms with Crippen LogP contribution in [0.4, 0.5) is 0 Å². The number of ether oxygens (including phenoxy) is 1. The third kappa shape index (κ3) is 3.01. The highest BCUT2D eigenvalue weighted by Gasteiger charge is 2.25. The first-order valence-corrected chi connectivity index (χ1v) is 9.43. The number of fused-ring (bicyclic) bond motifs is 1. The van der Waals surface area contributed by atoms with Crippen molar-refractivity contribution in [2.45, 2.75) is 26.1 Å². The molecule has 0 spiro atoms. The highest BCUT2D eigenvalue weighted by Crippen LogP contribution is 2.32. The largest absolute Gasteiger partial charge is 0.497 e. The maximum absolute atomic E-state index is 5.58. The second-order valence-corrected chi connectivity index (χ2v) is 7.42. The lowest BCUT2D eigenvalue weighted by molar-refractivity contribution is 0.143. The van der Waals surface area contributed by atoms with Gasteiger partial charge in [0.25, 0.3) is 0 Å². The summed E-state index contributed by atoms with van der Waals surface area (Å²) in [5, 5.41) is 10.7. The molecular formula is C17H19N5OS2. The van der Waals surface area contributed by atoms with E-state index in [1.54, 1.807) is 16.5 Å². The minimum Gasteiger partial charge on any atom is -0.497 e. The lowest BCUT2D eigenvalue weighted by Crippen LogP contribution is -2.35. The normalized spacial score (nSPS) is 17.4. The Morgan fingerprint density at radius 2 is 2.04 bits per heavy atom. The van der Waals surface area contributed by atoms with Crippen LogP contribution < -0.4 is 4.74 Å². The van der Waals surface area contributed by atoms with Crippen molar-refractivity contribution in [2.24, 2.45) is 0 Å². The summed E-state index contributed by atoms with van der Waals surface area (Å²) in [5.41, 5.74) is 2.30. The van der Waals surface area contributed by atoms with Crippen LogP contribution in [0.1, 0.15) is 23.4 Å². The number of hydrogen-bond acceptors (Lipinski definition) is 6. The van der Waals surface area contributed by atoms with E-state index in [-0.39, 0.29) is 0 Å². The first-order chi connectivity index (χ1) is 12.2. The third-order valence-electron chi connectivity index (χ3n) is 4.68. The van der Waals surface area contributed by atoms with Crippen molar-refractivity contribution in [1.82, 2.24) is 24.7 Å². The molecule has 0 N–H and O–H groups in total. The predicted molar refractivity (Wildman–Crippen MR) is 99.9 cm³/mol. The topological polar surface area (TPSA) is 48.1 Å². The van der Waals surface area contributed by atoms with Gasteiger partial charge in [0.2, 0.25) is 4.77 Å². The summed E-state index contributed by atoms with van der Waals surface area (Å²) in [6.45, 7) is 3.89. The van der Waals surface area contributed by atoms with Crippen molar-refractivity contribution in [3.05, 3.63) is 50.9 Å². The Labute approximate surface area is 155 Å². The minimum absolute atomic E-state index is 0.364. The van der Waals surface area contributed by atoms with Gasteiger partial charge >= 0.3 is 0 Å². The smallest absolute Gasteiger partial charge is 0.221 e. The van der Waals surface area contributed by atoms with E-state index >= 15 is 0 Å². The van der Waals surface area contributed by atoms with Crippen LogP contribution in [0.5, 0.6) is 5.75 Å². The number of methoxy groups -OCH3 is 1. The van der Waals surface area contributed by atoms with Crippen LogP contribution in [-0.2, 0) is 13.1 Å². The van der Waals surface area contributed by atoms with Gasteiger partial charge in [-0.25, -0.2) is 4.68 Å². The zero-order valence-electron chi connectivity index (χ0n) is 14.1. The molecule has 130 valence electrons. The summed E-state index contributed by atoms with van der Waals surface area (Å²) < 4.78 is 9.25. The molecule has 0 saturated carbocycles. The van der Waals surface area contributed by atoms with Gasteiger partial charge in [0.15, 0.2) is 0 Å². The first-order valence-electron chi connectivity index (χ1n) is 8.15. The lowest BCUT2D eigenvalue weighted by atomic mass is 10.0. The van der Waals surface area contributed by atoms with E-state index in [0.29, 0.717) is 17.5 Å². The monoisotopic (exact) mass is 373 g/mol. The van der Waals surface area contributed by atoms with Crippen molar-refractivity contribution in [2.75, 3.05) is 13.7 Å². The molecule has 1 atom stereocenters. The van der Waals surface area contributed by atoms with Crippen LogP contribution in [0.2, 0.25) is 0 Å². The van der Waals surface area contributed by atoms with Gasteiger partial charge in [0.05, 0.1) is 19.5 Å². The SMILES string of the molecule is COc1ccc(-n2nnn(CN3CCc4sccc4[C@H]3C)c2=S)cc1. The first kappa shape index (κ1) is 16.4. The van der Waals surface area contributed by atoms with Gasteiger partial charge in [-0.05, 0) is 77.3 Å². The predicted octanol–water partition coefficient (Wildman–Crippen LogP) is 3.45. The van der Waals surface area contributed by atoms with Gasteiger partial charge in [0.1, 0.15) is 5.75 Å². The molecule has 0 radical (unpaired) electrons. The molecule has 3 heterocycles. The Morgan fingerprint density at radius 1 is 1.24 bits per heavy atom. The number of aromatic nitrogens is 4. The van der Waals surface area contributed by atoms with E-state index in [9.17, 15) is 0 Å². The van der Waals surface area contributed by atoms with E-state index in [0.717, 1.165) is 24.4 Å². The Hall–Kier alpha value is -2.03. The van der Waals surface area contributed by atoms with Crippen molar-refractivity contribution < 1.29 is 4.74 Å². The molecule has 6 nitrogen and oxygen atoms in total. The molecule has 0 saturated heterocycles. The number of hydrogen-bond donors (Lipinski definition) is 0. The van der Waals surface area contributed by atoms with E-state index in [1.807, 2.05) is 35.6 Å². The van der Waals surface area contributed by atoms with Gasteiger partial charge in [-0.1, -0.05) is 0 Å². The van der Waals surface area contributed by atoms with Gasteiger partial charge in [-0.15, -0.1) is 11.3 Å². The van der Waals surface area contributed by atoms with Crippen LogP contribution in [-0.4, -0.2) is 38.3 Å². The number of thiophene rings is 1. The molecule has 1 aliphatic rings. The highest BCUT2D eigenvalue weighted by molar-refractivity contribution is 7.71. The fourth-order valence-corrected chi connectivity index (χ4v) is 4.37. The second kappa shape index (κ2) is 6.70. The van der Waals surface area contributed by atoms with Crippen molar-refractivity contribution in [1.29, 1.82) is 0 Å². The van der Waals surface area contributed by atoms with Crippen LogP contribution in [0.3, 0.4) is 0 Å². The molecule has 0 bridgehead atoms. The van der Waals surface area contributed by atoms with Crippen molar-refractivity contribution in [3.8, 4) is 11.4 Å². The highest BCUT2D eigenvalue weighted by atomic mass is 32.1. The molecule has 8 heteroatoms. The van der Waals surface area contributed by atoms with Crippen molar-refractivity contribution >= 4 is 23.6 Å². The molecule has 1 aliphatic heterocycles. The van der Waals surface area contributed by atoms with E-state index in [2.05, 4.69) is 33.7 Å². The van der Waals surface area contributed by atoms with Crippen LogP contribution in [0.15, 0.2) is 35.7 Å². The summed E-state index contributed by atoms with van der Waals surface area (Å²) >= 11 is 7.43. The lowest BCUT2D eigenvalue weighted by Gasteiger charge is -2.32. The quantitative estimate of drug-likeness (QED) is 0.656. The summed E-state index contributed by atoms with van der Waals surface area (Å²) in [5.74, 6) is 0.802. The van der Waals surface area contributed by atoms with Gasteiger partial charge < -0.3 is 4.74 Å². The number of nitrogens with zero attached hydrogens (tertiary/aromatic N) is 5. The molecule has 2 aromatic heterocycles. The molecule has 0 aliphatic carbocycles. The molecular weight excluding hydrogens is 354 g/mol. The summed E-state index contributed by atoms with van der Waals surface area (Å²) in [4.78, 5) is 3.88. The van der Waals surface area contributed by atoms with Crippen LogP contribution in [0.25, 0.3) is 5.69 Å². The summed E-state index contributed by atoms with van der Waals surface area (Å²) in [6.07, 6.45) is 1.08. The zero-order valence-corrected chi connectivity index (χ0v) is 15.8. The second-order valence-electron chi connectivity index (χ2n) is 6.05. The Morgan fingerprint density at radius 3 is 2.80 bits per heavy atom. The number of rotatable bonds is 4. The molecule has 1 aromatic carbocycles. The molecule has 0 amide bonds. The van der Waals surface area contributed by atoms with Crippen molar-refractivity contribution in [3.63, 3.8) is 0 Å². The fraction of sp³-hybridized carbons (Fsp3) is 0.353. The van der Waals surface area contributed by atoms with Gasteiger partial charge in [0, 0.05) is 17.5 Å². The standard InChI is InChI=1S/C17H19N5OS2/c1-12-15-8-10-25-16(15)7-9-20(12)11-21-17(24)22(19-18-21)13-3-5-14(23-2)6-4-13/h3-6,8,10,12H,7,9,11H2,1-2H3/t12-/m1/s1. The average Bonchev–Trinajstić information content (AvgIpc) is 3.25. The Bertz CT molecular complexity index is 927. The van der Waals surface area contributed by atoms with Crippen LogP contribution >= 0.6 is 23.6 Å². The molecule has 0 fully saturated rings. The maximum atomic E-state index is 5.58. The molecule has 25 heavy (non-hydrogen) atoms. The maximum Gasteiger partial charge on any atom is 0.221 e. The fourth-order valence-electron chi connectivity index (χ4n) is 3.18. The van der Waals surface area contributed by atoms with Gasteiger partial charge in [-0.2, -0.15) is 4.68 Å². The van der Waals surface area contributed by atoms with E-state index in [4.69, 9.17) is 17.0 Å². The summed E-state index contributed by atoms with van der Waals surface area (Å²) in [6, 6.07) is 10.2. The summed E-state index contributed by atoms with van der Waals surface area (Å²) in [7, 11) is 1.65. The Kier molecular flexibility index (Phi) is 4.41. The van der Waals surface area contributed by atoms with Gasteiger partial charge in [-0.3, -0.25) is 4.90 Å². The number of tetrazole rings is 1. The molecule has 3 aromatic rings. The Balaban J connectivity index is 1.56. The molecule has 0 unspecified atom stereocenters. The van der Waals surface area contributed by atoms with E-state index < -0.39 is 0 Å². The van der Waals surface area contributed by atoms with Crippen LogP contribution in [0, 0.1) is 4.77 Å². The number of benzene rings is 1. The van der Waals surface area contributed by atoms with E-state index in [1.165, 1.54) is 10.4 Å². The minimum atomic E-state index is 0.364. The third-order valence-corrected chi connectivity index (χ3v) is 6.06. The molecule has 4 rings (SSSR count). The zero-order chi connectivity index (χ0) is 17.4.